The van der Waals surface area contributed by atoms with Gasteiger partial charge in [-0.25, -0.2) is 0 Å². The lowest BCUT2D eigenvalue weighted by Gasteiger charge is -2.01. The van der Waals surface area contributed by atoms with Gasteiger partial charge in [0.25, 0.3) is 0 Å². The molecule has 0 amide bonds. The predicted octanol–water partition coefficient (Wildman–Crippen LogP) is 3.41. The molecule has 0 aliphatic carbocycles. The summed E-state index contributed by atoms with van der Waals surface area (Å²) in [6.45, 7) is 0. The van der Waals surface area contributed by atoms with Crippen LogP contribution in [-0.2, 0) is 0 Å². The monoisotopic (exact) mass is 324 g/mol. The van der Waals surface area contributed by atoms with Gasteiger partial charge in [-0.05, 0) is 44.0 Å². The van der Waals surface area contributed by atoms with E-state index in [1.54, 1.807) is 18.2 Å². The first-order chi connectivity index (χ1) is 6.04. The van der Waals surface area contributed by atoms with Crippen LogP contribution in [0.25, 0.3) is 0 Å². The first kappa shape index (κ1) is 10.9. The number of hydrogen-bond donors (Lipinski definition) is 0. The Bertz CT molecular complexity index is 344. The molecule has 5 heteroatoms. The van der Waals surface area contributed by atoms with Crippen LogP contribution >= 0.6 is 43.5 Å². The molecule has 0 fully saturated rings. The van der Waals surface area contributed by atoms with Crippen LogP contribution in [0.15, 0.2) is 18.2 Å². The second-order valence-electron chi connectivity index (χ2n) is 2.21. The van der Waals surface area contributed by atoms with E-state index in [-0.39, 0.29) is 25.5 Å². The molecule has 0 saturated carbocycles. The van der Waals surface area contributed by atoms with Gasteiger partial charge in [0.1, 0.15) is 0 Å². The molecule has 68 valence electrons. The van der Waals surface area contributed by atoms with Crippen molar-refractivity contribution in [2.75, 3.05) is 0 Å². The SMILES string of the molecule is O=C(Br)c1cccc(C(=O)Br)c1Cl. The van der Waals surface area contributed by atoms with Crippen molar-refractivity contribution in [2.24, 2.45) is 0 Å². The van der Waals surface area contributed by atoms with Crippen LogP contribution in [0.4, 0.5) is 0 Å². The Labute approximate surface area is 96.5 Å². The molecular weight excluding hydrogens is 323 g/mol. The van der Waals surface area contributed by atoms with Crippen LogP contribution in [-0.4, -0.2) is 9.39 Å². The molecule has 0 aromatic heterocycles. The fourth-order valence-corrected chi connectivity index (χ4v) is 2.02. The maximum atomic E-state index is 10.9. The Kier molecular flexibility index (Phi) is 3.64. The minimum absolute atomic E-state index is 0.159. The highest BCUT2D eigenvalue weighted by atomic mass is 79.9. The van der Waals surface area contributed by atoms with E-state index in [1.165, 1.54) is 0 Å². The third-order valence-electron chi connectivity index (χ3n) is 1.42. The maximum Gasteiger partial charge on any atom is 0.229 e. The standard InChI is InChI=1S/C8H3Br2ClO2/c9-7(12)4-2-1-3-5(6(4)11)8(10)13/h1-3H. The van der Waals surface area contributed by atoms with Crippen LogP contribution in [0.5, 0.6) is 0 Å². The normalized spacial score (nSPS) is 9.77. The lowest BCUT2D eigenvalue weighted by atomic mass is 10.1. The fourth-order valence-electron chi connectivity index (χ4n) is 0.836. The van der Waals surface area contributed by atoms with E-state index in [0.717, 1.165) is 0 Å². The van der Waals surface area contributed by atoms with Crippen LogP contribution in [0.2, 0.25) is 5.02 Å². The zero-order valence-corrected chi connectivity index (χ0v) is 10.1. The maximum absolute atomic E-state index is 10.9. The molecule has 0 saturated heterocycles. The molecule has 13 heavy (non-hydrogen) atoms. The van der Waals surface area contributed by atoms with Crippen LogP contribution < -0.4 is 0 Å². The van der Waals surface area contributed by atoms with E-state index in [1.807, 2.05) is 0 Å². The summed E-state index contributed by atoms with van der Waals surface area (Å²) in [5.74, 6) is 0. The number of carbonyl (C=O) groups excluding carboxylic acids is 2. The van der Waals surface area contributed by atoms with Crippen molar-refractivity contribution in [1.29, 1.82) is 0 Å². The summed E-state index contributed by atoms with van der Waals surface area (Å²) in [7, 11) is 0. The van der Waals surface area contributed by atoms with Gasteiger partial charge in [0, 0.05) is 11.1 Å². The highest BCUT2D eigenvalue weighted by Gasteiger charge is 2.13. The number of carbonyl (C=O) groups is 2. The van der Waals surface area contributed by atoms with E-state index in [9.17, 15) is 9.59 Å². The highest BCUT2D eigenvalue weighted by Crippen LogP contribution is 2.24. The predicted molar refractivity (Wildman–Crippen MR) is 58.0 cm³/mol. The highest BCUT2D eigenvalue weighted by molar-refractivity contribution is 9.18. The van der Waals surface area contributed by atoms with Crippen molar-refractivity contribution < 1.29 is 9.59 Å². The molecule has 0 aliphatic rings. The van der Waals surface area contributed by atoms with E-state index in [4.69, 9.17) is 11.6 Å². The lowest BCUT2D eigenvalue weighted by molar-refractivity contribution is 0.109. The van der Waals surface area contributed by atoms with Crippen LogP contribution in [0, 0.1) is 0 Å². The Morgan fingerprint density at radius 3 is 1.77 bits per heavy atom. The topological polar surface area (TPSA) is 34.1 Å². The van der Waals surface area contributed by atoms with Crippen molar-refractivity contribution in [1.82, 2.24) is 0 Å². The molecule has 0 unspecified atom stereocenters. The summed E-state index contributed by atoms with van der Waals surface area (Å²) in [4.78, 5) is 21.9. The molecule has 0 aliphatic heterocycles. The molecule has 2 nitrogen and oxygen atoms in total. The summed E-state index contributed by atoms with van der Waals surface area (Å²) in [6, 6.07) is 4.67. The van der Waals surface area contributed by atoms with Gasteiger partial charge in [-0.15, -0.1) is 0 Å². The molecule has 1 aromatic carbocycles. The minimum atomic E-state index is -0.340. The second-order valence-corrected chi connectivity index (χ2v) is 4.03. The molecule has 0 bridgehead atoms. The number of hydrogen-bond acceptors (Lipinski definition) is 2. The van der Waals surface area contributed by atoms with Gasteiger partial charge in [0.2, 0.25) is 9.39 Å². The summed E-state index contributed by atoms with van der Waals surface area (Å²) >= 11 is 11.3. The molecule has 0 N–H and O–H groups in total. The zero-order chi connectivity index (χ0) is 10.0. The summed E-state index contributed by atoms with van der Waals surface area (Å²) in [5, 5.41) is 0.159. The fraction of sp³-hybridized carbons (Fsp3) is 0. The quantitative estimate of drug-likeness (QED) is 0.781. The largest absolute Gasteiger partial charge is 0.281 e. The number of rotatable bonds is 2. The van der Waals surface area contributed by atoms with Gasteiger partial charge < -0.3 is 0 Å². The van der Waals surface area contributed by atoms with Crippen molar-refractivity contribution in [3.8, 4) is 0 Å². The third kappa shape index (κ3) is 2.39. The van der Waals surface area contributed by atoms with Crippen LogP contribution in [0.1, 0.15) is 20.7 Å². The number of benzene rings is 1. The molecule has 1 aromatic rings. The van der Waals surface area contributed by atoms with Crippen molar-refractivity contribution in [2.45, 2.75) is 0 Å². The van der Waals surface area contributed by atoms with Crippen molar-refractivity contribution in [3.05, 3.63) is 34.3 Å². The van der Waals surface area contributed by atoms with E-state index in [2.05, 4.69) is 31.9 Å². The number of halogens is 3. The van der Waals surface area contributed by atoms with Crippen molar-refractivity contribution >= 4 is 52.8 Å². The lowest BCUT2D eigenvalue weighted by Crippen LogP contribution is -1.96. The summed E-state index contributed by atoms with van der Waals surface area (Å²) in [5.41, 5.74) is 0.568. The first-order valence-electron chi connectivity index (χ1n) is 3.22. The second kappa shape index (κ2) is 4.35. The first-order valence-corrected chi connectivity index (χ1v) is 5.18. The average molecular weight is 326 g/mol. The van der Waals surface area contributed by atoms with Gasteiger partial charge in [-0.2, -0.15) is 0 Å². The minimum Gasteiger partial charge on any atom is -0.281 e. The van der Waals surface area contributed by atoms with E-state index < -0.39 is 0 Å². The molecule has 0 heterocycles. The molecular formula is C8H3Br2ClO2. The van der Waals surface area contributed by atoms with Gasteiger partial charge in [0.05, 0.1) is 5.02 Å². The zero-order valence-electron chi connectivity index (χ0n) is 6.18. The molecule has 1 rings (SSSR count). The van der Waals surface area contributed by atoms with Gasteiger partial charge in [-0.1, -0.05) is 17.7 Å². The molecule has 0 spiro atoms. The van der Waals surface area contributed by atoms with E-state index >= 15 is 0 Å². The Balaban J connectivity index is 3.35. The Morgan fingerprint density at radius 1 is 1.08 bits per heavy atom. The van der Waals surface area contributed by atoms with Gasteiger partial charge in [0.15, 0.2) is 0 Å². The van der Waals surface area contributed by atoms with Gasteiger partial charge >= 0.3 is 0 Å². The Morgan fingerprint density at radius 2 is 1.46 bits per heavy atom. The van der Waals surface area contributed by atoms with E-state index in [0.29, 0.717) is 0 Å². The summed E-state index contributed by atoms with van der Waals surface area (Å²) in [6.07, 6.45) is 0. The Hall–Kier alpha value is -0.190. The van der Waals surface area contributed by atoms with Crippen molar-refractivity contribution in [3.63, 3.8) is 0 Å². The average Bonchev–Trinajstić information content (AvgIpc) is 2.03. The third-order valence-corrected chi connectivity index (χ3v) is 2.68. The summed E-state index contributed by atoms with van der Waals surface area (Å²) < 4.78 is -0.679. The molecule has 0 radical (unpaired) electrons. The van der Waals surface area contributed by atoms with Crippen LogP contribution in [0.3, 0.4) is 0 Å². The van der Waals surface area contributed by atoms with Gasteiger partial charge in [-0.3, -0.25) is 9.59 Å². The molecule has 0 atom stereocenters. The smallest absolute Gasteiger partial charge is 0.229 e.